The van der Waals surface area contributed by atoms with E-state index in [0.29, 0.717) is 0 Å². The lowest BCUT2D eigenvalue weighted by Gasteiger charge is -2.13. The molecule has 0 saturated carbocycles. The Bertz CT molecular complexity index is 1140. The number of hydrogen-bond donors (Lipinski definition) is 0. The molecule has 3 aromatic rings. The van der Waals surface area contributed by atoms with Crippen molar-refractivity contribution in [2.45, 2.75) is 23.7 Å². The fraction of sp³-hybridized carbons (Fsp3) is 0.176. The number of para-hydroxylation sites is 1. The summed E-state index contributed by atoms with van der Waals surface area (Å²) in [5.41, 5.74) is -1.98. The molecule has 0 saturated heterocycles. The van der Waals surface area contributed by atoms with Crippen molar-refractivity contribution in [3.63, 3.8) is 0 Å². The van der Waals surface area contributed by atoms with Crippen LogP contribution < -0.4 is 0 Å². The van der Waals surface area contributed by atoms with Gasteiger partial charge in [-0.15, -0.1) is 10.2 Å². The lowest BCUT2D eigenvalue weighted by molar-refractivity contribution is -0.165. The fourth-order valence-electron chi connectivity index (χ4n) is 2.87. The topological polar surface area (TPSA) is 63.8 Å². The first kappa shape index (κ1) is 16.8. The number of alkyl halides is 3. The van der Waals surface area contributed by atoms with Gasteiger partial charge in [0, 0.05) is 17.1 Å². The van der Waals surface area contributed by atoms with E-state index in [4.69, 9.17) is 0 Å². The van der Waals surface area contributed by atoms with Crippen molar-refractivity contribution in [3.05, 3.63) is 65.9 Å². The normalized spacial score (nSPS) is 16.2. The van der Waals surface area contributed by atoms with Gasteiger partial charge in [0.15, 0.2) is 0 Å². The molecule has 4 rings (SSSR count). The number of benzene rings is 2. The van der Waals surface area contributed by atoms with Crippen molar-refractivity contribution in [2.24, 2.45) is 10.2 Å². The van der Waals surface area contributed by atoms with Gasteiger partial charge < -0.3 is 0 Å². The van der Waals surface area contributed by atoms with E-state index in [1.54, 1.807) is 24.3 Å². The van der Waals surface area contributed by atoms with Crippen LogP contribution in [-0.2, 0) is 15.7 Å². The molecule has 26 heavy (non-hydrogen) atoms. The van der Waals surface area contributed by atoms with Crippen LogP contribution in [0.5, 0.6) is 0 Å². The average molecular weight is 379 g/mol. The van der Waals surface area contributed by atoms with Crippen LogP contribution in [0.15, 0.2) is 69.9 Å². The average Bonchev–Trinajstić information content (AvgIpc) is 3.30. The van der Waals surface area contributed by atoms with Crippen LogP contribution in [0.1, 0.15) is 11.1 Å². The molecule has 2 heterocycles. The molecule has 1 aliphatic heterocycles. The van der Waals surface area contributed by atoms with E-state index in [-0.39, 0.29) is 21.4 Å². The number of aryl methyl sites for hydroxylation is 1. The van der Waals surface area contributed by atoms with Crippen LogP contribution in [0.4, 0.5) is 13.2 Å². The van der Waals surface area contributed by atoms with Crippen LogP contribution in [0.3, 0.4) is 0 Å². The fourth-order valence-corrected chi connectivity index (χ4v) is 4.24. The van der Waals surface area contributed by atoms with E-state index in [2.05, 4.69) is 10.2 Å². The Morgan fingerprint density at radius 2 is 1.62 bits per heavy atom. The molecular weight excluding hydrogens is 367 g/mol. The molecule has 0 bridgehead atoms. The van der Waals surface area contributed by atoms with Crippen LogP contribution in [0.25, 0.3) is 10.9 Å². The monoisotopic (exact) mass is 379 g/mol. The third-order valence-electron chi connectivity index (χ3n) is 4.33. The van der Waals surface area contributed by atoms with E-state index >= 15 is 0 Å². The summed E-state index contributed by atoms with van der Waals surface area (Å²) in [4.78, 5) is -0.0128. The molecule has 0 fully saturated rings. The predicted molar refractivity (Wildman–Crippen MR) is 88.3 cm³/mol. The zero-order valence-corrected chi connectivity index (χ0v) is 14.2. The van der Waals surface area contributed by atoms with Gasteiger partial charge in [-0.1, -0.05) is 35.9 Å². The van der Waals surface area contributed by atoms with Gasteiger partial charge >= 0.3 is 11.8 Å². The molecular formula is C17H12F3N3O2S. The Kier molecular flexibility index (Phi) is 3.33. The summed E-state index contributed by atoms with van der Waals surface area (Å²) in [6.45, 7) is 1.81. The van der Waals surface area contributed by atoms with Crippen LogP contribution in [0, 0.1) is 6.92 Å². The summed E-state index contributed by atoms with van der Waals surface area (Å²) in [5.74, 6) is 0. The van der Waals surface area contributed by atoms with Crippen LogP contribution in [0.2, 0.25) is 0 Å². The Balaban J connectivity index is 1.97. The van der Waals surface area contributed by atoms with E-state index < -0.39 is 21.9 Å². The predicted octanol–water partition coefficient (Wildman–Crippen LogP) is 4.37. The molecule has 0 unspecified atom stereocenters. The van der Waals surface area contributed by atoms with Gasteiger partial charge in [-0.3, -0.25) is 0 Å². The summed E-state index contributed by atoms with van der Waals surface area (Å²) in [6, 6.07) is 12.1. The second-order valence-corrected chi connectivity index (χ2v) is 7.86. The third kappa shape index (κ3) is 2.27. The Hall–Kier alpha value is -2.68. The molecule has 134 valence electrons. The van der Waals surface area contributed by atoms with E-state index in [0.717, 1.165) is 15.7 Å². The van der Waals surface area contributed by atoms with Gasteiger partial charge in [0.05, 0.1) is 10.4 Å². The maximum Gasteiger partial charge on any atom is 0.442 e. The Morgan fingerprint density at radius 3 is 2.19 bits per heavy atom. The largest absolute Gasteiger partial charge is 0.442 e. The van der Waals surface area contributed by atoms with E-state index in [1.807, 2.05) is 6.92 Å². The second-order valence-electron chi connectivity index (χ2n) is 6.04. The summed E-state index contributed by atoms with van der Waals surface area (Å²) >= 11 is 0. The third-order valence-corrected chi connectivity index (χ3v) is 6.01. The number of nitrogens with zero attached hydrogens (tertiary/aromatic N) is 3. The number of hydrogen-bond acceptors (Lipinski definition) is 4. The number of fused-ring (bicyclic) bond motifs is 1. The number of rotatable bonds is 3. The van der Waals surface area contributed by atoms with Crippen LogP contribution >= 0.6 is 0 Å². The maximum atomic E-state index is 13.4. The molecule has 0 spiro atoms. The molecule has 0 amide bonds. The minimum absolute atomic E-state index is 0.0128. The molecule has 0 aliphatic carbocycles. The van der Waals surface area contributed by atoms with Crippen molar-refractivity contribution in [2.75, 3.05) is 0 Å². The minimum atomic E-state index is -4.74. The Morgan fingerprint density at radius 1 is 1.00 bits per heavy atom. The molecule has 0 N–H and O–H groups in total. The van der Waals surface area contributed by atoms with Crippen LogP contribution in [-0.4, -0.2) is 18.6 Å². The second kappa shape index (κ2) is 5.16. The van der Waals surface area contributed by atoms with Gasteiger partial charge in [-0.2, -0.15) is 13.2 Å². The molecule has 0 radical (unpaired) electrons. The molecule has 0 atom stereocenters. The maximum absolute atomic E-state index is 13.4. The molecule has 1 aliphatic rings. The van der Waals surface area contributed by atoms with E-state index in [1.165, 1.54) is 24.3 Å². The highest BCUT2D eigenvalue weighted by molar-refractivity contribution is 7.90. The Labute approximate surface area is 146 Å². The zero-order chi connectivity index (χ0) is 18.7. The first-order valence-corrected chi connectivity index (χ1v) is 9.04. The van der Waals surface area contributed by atoms with E-state index in [9.17, 15) is 21.6 Å². The summed E-state index contributed by atoms with van der Waals surface area (Å²) in [7, 11) is -4.07. The van der Waals surface area contributed by atoms with Crippen molar-refractivity contribution in [3.8, 4) is 0 Å². The molecule has 2 aromatic carbocycles. The number of halogens is 3. The SMILES string of the molecule is Cc1ccc(S(=O)(=O)n2cc(C3(C(F)(F)F)N=N3)c3ccccc32)cc1. The lowest BCUT2D eigenvalue weighted by atomic mass is 10.0. The summed E-state index contributed by atoms with van der Waals surface area (Å²) in [5, 5.41) is 6.54. The standard InChI is InChI=1S/C17H12F3N3O2S/c1-11-6-8-12(9-7-11)26(24,25)23-10-14(13-4-2-3-5-15(13)23)16(21-22-16)17(18,19)20/h2-10H,1H3. The summed E-state index contributed by atoms with van der Waals surface area (Å²) in [6.07, 6.45) is -3.77. The first-order valence-electron chi connectivity index (χ1n) is 7.60. The molecule has 9 heteroatoms. The quantitative estimate of drug-likeness (QED) is 0.678. The van der Waals surface area contributed by atoms with Gasteiger partial charge in [0.25, 0.3) is 10.0 Å². The van der Waals surface area contributed by atoms with Crippen molar-refractivity contribution in [1.82, 2.24) is 3.97 Å². The highest BCUT2D eigenvalue weighted by Crippen LogP contribution is 2.54. The smallest absolute Gasteiger partial charge is 0.241 e. The van der Waals surface area contributed by atoms with Gasteiger partial charge in [0.1, 0.15) is 0 Å². The summed E-state index contributed by atoms with van der Waals surface area (Å²) < 4.78 is 67.1. The lowest BCUT2D eigenvalue weighted by Crippen LogP contribution is -2.30. The highest BCUT2D eigenvalue weighted by Gasteiger charge is 2.66. The first-order chi connectivity index (χ1) is 12.2. The minimum Gasteiger partial charge on any atom is -0.241 e. The highest BCUT2D eigenvalue weighted by atomic mass is 32.2. The van der Waals surface area contributed by atoms with Crippen molar-refractivity contribution >= 4 is 20.9 Å². The number of aromatic nitrogens is 1. The molecule has 5 nitrogen and oxygen atoms in total. The van der Waals surface area contributed by atoms with Gasteiger partial charge in [-0.05, 0) is 25.1 Å². The zero-order valence-electron chi connectivity index (χ0n) is 13.4. The van der Waals surface area contributed by atoms with Gasteiger partial charge in [0.2, 0.25) is 0 Å². The van der Waals surface area contributed by atoms with Crippen molar-refractivity contribution < 1.29 is 21.6 Å². The van der Waals surface area contributed by atoms with Crippen molar-refractivity contribution in [1.29, 1.82) is 0 Å². The van der Waals surface area contributed by atoms with Gasteiger partial charge in [-0.25, -0.2) is 12.4 Å². The molecule has 1 aromatic heterocycles.